The number of rotatable bonds is 3. The molecule has 158 valence electrons. The third-order valence-electron chi connectivity index (χ3n) is 5.80. The number of nitrogens with one attached hydrogen (secondary N) is 3. The molecule has 3 atom stereocenters. The van der Waals surface area contributed by atoms with Gasteiger partial charge in [0.2, 0.25) is 17.8 Å². The number of amides is 2. The van der Waals surface area contributed by atoms with E-state index in [0.717, 1.165) is 23.7 Å². The molecule has 0 bridgehead atoms. The van der Waals surface area contributed by atoms with Crippen LogP contribution >= 0.6 is 15.9 Å². The van der Waals surface area contributed by atoms with Crippen LogP contribution in [0.2, 0.25) is 0 Å². The molecule has 3 heterocycles. The molecule has 4 rings (SSSR count). The van der Waals surface area contributed by atoms with Crippen LogP contribution in [0.4, 0.5) is 17.5 Å². The molecule has 3 N–H and O–H groups in total. The minimum atomic E-state index is -0.904. The van der Waals surface area contributed by atoms with Gasteiger partial charge in [-0.3, -0.25) is 19.4 Å². The van der Waals surface area contributed by atoms with Crippen molar-refractivity contribution in [2.75, 3.05) is 15.5 Å². The van der Waals surface area contributed by atoms with Crippen LogP contribution in [0.3, 0.4) is 0 Å². The highest BCUT2D eigenvalue weighted by atomic mass is 79.9. The molecule has 3 unspecified atom stereocenters. The van der Waals surface area contributed by atoms with Gasteiger partial charge in [0.25, 0.3) is 5.56 Å². The lowest BCUT2D eigenvalue weighted by atomic mass is 9.92. The first-order valence-corrected chi connectivity index (χ1v) is 10.9. The zero-order chi connectivity index (χ0) is 21.4. The smallest absolute Gasteiger partial charge is 0.258 e. The van der Waals surface area contributed by atoms with Crippen LogP contribution in [0, 0.1) is 0 Å². The Morgan fingerprint density at radius 3 is 2.50 bits per heavy atom. The molecule has 8 nitrogen and oxygen atoms in total. The summed E-state index contributed by atoms with van der Waals surface area (Å²) in [6.45, 7) is 4.20. The number of piperidine rings is 1. The van der Waals surface area contributed by atoms with Crippen molar-refractivity contribution in [3.05, 3.63) is 44.7 Å². The largest absolute Gasteiger partial charge is 0.337 e. The number of H-pyrrole nitrogens is 1. The summed E-state index contributed by atoms with van der Waals surface area (Å²) < 4.78 is 0.886. The Morgan fingerprint density at radius 2 is 1.83 bits per heavy atom. The zero-order valence-corrected chi connectivity index (χ0v) is 18.5. The van der Waals surface area contributed by atoms with Gasteiger partial charge in [-0.2, -0.15) is 4.98 Å². The highest BCUT2D eigenvalue weighted by molar-refractivity contribution is 9.10. The first-order chi connectivity index (χ1) is 14.3. The Bertz CT molecular complexity index is 1030. The van der Waals surface area contributed by atoms with E-state index in [0.29, 0.717) is 11.6 Å². The van der Waals surface area contributed by atoms with E-state index in [4.69, 9.17) is 0 Å². The predicted molar refractivity (Wildman–Crippen MR) is 119 cm³/mol. The fraction of sp³-hybridized carbons (Fsp3) is 0.429. The number of hydrogen-bond acceptors (Lipinski definition) is 5. The summed E-state index contributed by atoms with van der Waals surface area (Å²) in [4.78, 5) is 47.7. The van der Waals surface area contributed by atoms with Crippen LogP contribution in [-0.2, 0) is 9.59 Å². The second-order valence-electron chi connectivity index (χ2n) is 7.99. The molecule has 0 saturated carbocycles. The van der Waals surface area contributed by atoms with Gasteiger partial charge in [0.1, 0.15) is 5.82 Å². The van der Waals surface area contributed by atoms with E-state index in [1.54, 1.807) is 24.3 Å². The molecule has 2 amide bonds. The number of aromatic nitrogens is 2. The van der Waals surface area contributed by atoms with Gasteiger partial charge in [0, 0.05) is 28.7 Å². The number of halogens is 1. The lowest BCUT2D eigenvalue weighted by Crippen LogP contribution is -2.46. The third-order valence-corrected chi connectivity index (χ3v) is 6.33. The minimum absolute atomic E-state index is 0.101. The van der Waals surface area contributed by atoms with Crippen molar-refractivity contribution in [1.82, 2.24) is 9.97 Å². The maximum atomic E-state index is 13.0. The monoisotopic (exact) mass is 473 g/mol. The number of fused-ring (bicyclic) bond motifs is 1. The van der Waals surface area contributed by atoms with Gasteiger partial charge in [-0.25, -0.2) is 0 Å². The topological polar surface area (TPSA) is 107 Å². The van der Waals surface area contributed by atoms with E-state index in [1.807, 2.05) is 0 Å². The van der Waals surface area contributed by atoms with Crippen molar-refractivity contribution in [3.8, 4) is 0 Å². The average molecular weight is 474 g/mol. The second-order valence-corrected chi connectivity index (χ2v) is 8.90. The molecule has 1 aromatic heterocycles. The summed E-state index contributed by atoms with van der Waals surface area (Å²) in [5.41, 5.74) is 0.397. The number of benzene rings is 1. The second kappa shape index (κ2) is 8.22. The maximum absolute atomic E-state index is 13.0. The summed E-state index contributed by atoms with van der Waals surface area (Å²) in [7, 11) is 0. The van der Waals surface area contributed by atoms with Crippen molar-refractivity contribution >= 4 is 45.2 Å². The predicted octanol–water partition coefficient (Wildman–Crippen LogP) is 3.36. The van der Waals surface area contributed by atoms with Gasteiger partial charge in [0.15, 0.2) is 0 Å². The number of hydrogen-bond donors (Lipinski definition) is 3. The van der Waals surface area contributed by atoms with E-state index in [9.17, 15) is 14.4 Å². The van der Waals surface area contributed by atoms with Gasteiger partial charge in [-0.1, -0.05) is 15.9 Å². The van der Waals surface area contributed by atoms with E-state index < -0.39 is 17.4 Å². The van der Waals surface area contributed by atoms with Crippen LogP contribution in [0.25, 0.3) is 0 Å². The van der Waals surface area contributed by atoms with E-state index >= 15 is 0 Å². The van der Waals surface area contributed by atoms with E-state index in [2.05, 4.69) is 55.3 Å². The van der Waals surface area contributed by atoms with Crippen molar-refractivity contribution in [2.24, 2.45) is 0 Å². The highest BCUT2D eigenvalue weighted by Crippen LogP contribution is 2.32. The molecule has 2 aliphatic heterocycles. The normalized spacial score (nSPS) is 23.5. The van der Waals surface area contributed by atoms with Gasteiger partial charge >= 0.3 is 0 Å². The summed E-state index contributed by atoms with van der Waals surface area (Å²) in [6, 6.07) is 7.56. The fourth-order valence-electron chi connectivity index (χ4n) is 4.31. The third kappa shape index (κ3) is 3.98. The Balaban J connectivity index is 1.67. The molecule has 9 heteroatoms. The molecule has 0 aliphatic carbocycles. The van der Waals surface area contributed by atoms with Gasteiger partial charge in [-0.05, 0) is 57.4 Å². The van der Waals surface area contributed by atoms with Gasteiger partial charge in [0.05, 0.1) is 11.5 Å². The van der Waals surface area contributed by atoms with Crippen molar-refractivity contribution in [1.29, 1.82) is 0 Å². The number of nitrogens with zero attached hydrogens (tertiary/aromatic N) is 2. The lowest BCUT2D eigenvalue weighted by molar-refractivity contribution is -0.123. The summed E-state index contributed by atoms with van der Waals surface area (Å²) >= 11 is 3.35. The van der Waals surface area contributed by atoms with Crippen molar-refractivity contribution in [3.63, 3.8) is 0 Å². The van der Waals surface area contributed by atoms with Crippen LogP contribution in [0.5, 0.6) is 0 Å². The molecule has 2 aromatic rings. The Morgan fingerprint density at radius 1 is 1.17 bits per heavy atom. The molecule has 0 spiro atoms. The van der Waals surface area contributed by atoms with Crippen LogP contribution < -0.4 is 21.1 Å². The quantitative estimate of drug-likeness (QED) is 0.633. The highest BCUT2D eigenvalue weighted by Gasteiger charge is 2.36. The molecule has 2 aliphatic rings. The Kier molecular flexibility index (Phi) is 5.64. The zero-order valence-electron chi connectivity index (χ0n) is 16.9. The van der Waals surface area contributed by atoms with E-state index in [1.165, 1.54) is 0 Å². The van der Waals surface area contributed by atoms with Crippen LogP contribution in [0.15, 0.2) is 33.5 Å². The first kappa shape index (κ1) is 20.6. The fourth-order valence-corrected chi connectivity index (χ4v) is 4.57. The van der Waals surface area contributed by atoms with Crippen LogP contribution in [-0.4, -0.2) is 33.9 Å². The Hall–Kier alpha value is -2.68. The SMILES string of the molecule is CC1CCCC(C)N1c1nc2c(c(=O)[nH]1)C(C(=O)Nc1ccc(Br)cc1)CC(=O)N2. The van der Waals surface area contributed by atoms with Gasteiger partial charge < -0.3 is 15.5 Å². The lowest BCUT2D eigenvalue weighted by Gasteiger charge is -2.39. The van der Waals surface area contributed by atoms with Crippen LogP contribution in [0.1, 0.15) is 51.0 Å². The van der Waals surface area contributed by atoms with Gasteiger partial charge in [-0.15, -0.1) is 0 Å². The van der Waals surface area contributed by atoms with E-state index in [-0.39, 0.29) is 35.8 Å². The summed E-state index contributed by atoms with van der Waals surface area (Å²) in [5.74, 6) is -1.03. The number of anilines is 3. The number of carbonyl (C=O) groups is 2. The molecule has 1 aromatic carbocycles. The molecule has 30 heavy (non-hydrogen) atoms. The molecule has 1 saturated heterocycles. The maximum Gasteiger partial charge on any atom is 0.258 e. The van der Waals surface area contributed by atoms with Crippen molar-refractivity contribution in [2.45, 2.75) is 57.5 Å². The molecule has 1 fully saturated rings. The average Bonchev–Trinajstić information content (AvgIpc) is 2.68. The molecular weight excluding hydrogens is 450 g/mol. The summed E-state index contributed by atoms with van der Waals surface area (Å²) in [5, 5.41) is 5.47. The van der Waals surface area contributed by atoms with Crippen molar-refractivity contribution < 1.29 is 9.59 Å². The molecular formula is C21H24BrN5O3. The Labute approximate surface area is 182 Å². The minimum Gasteiger partial charge on any atom is -0.337 e. The molecule has 0 radical (unpaired) electrons. The number of aromatic amines is 1. The first-order valence-electron chi connectivity index (χ1n) is 10.1. The standard InChI is InChI=1S/C21H24BrN5O3/c1-11-4-3-5-12(2)27(11)21-25-18-17(20(30)26-21)15(10-16(28)24-18)19(29)23-14-8-6-13(22)7-9-14/h6-9,11-12,15H,3-5,10H2,1-2H3,(H,23,29)(H2,24,25,26,28,30). The number of carbonyl (C=O) groups excluding carboxylic acids is 2. The summed E-state index contributed by atoms with van der Waals surface area (Å²) in [6.07, 6.45) is 3.05.